The van der Waals surface area contributed by atoms with Gasteiger partial charge < -0.3 is 15.4 Å². The van der Waals surface area contributed by atoms with Crippen LogP contribution in [0.4, 0.5) is 11.4 Å². The summed E-state index contributed by atoms with van der Waals surface area (Å²) in [6, 6.07) is 13.0. The first-order valence-electron chi connectivity index (χ1n) is 9.07. The van der Waals surface area contributed by atoms with Crippen LogP contribution in [0.3, 0.4) is 0 Å². The van der Waals surface area contributed by atoms with Crippen LogP contribution in [0.25, 0.3) is 0 Å². The first-order chi connectivity index (χ1) is 13.2. The molecule has 0 aromatic heterocycles. The van der Waals surface area contributed by atoms with E-state index in [1.54, 1.807) is 18.2 Å². The number of benzene rings is 2. The van der Waals surface area contributed by atoms with E-state index in [9.17, 15) is 14.9 Å². The molecule has 6 nitrogen and oxygen atoms in total. The molecule has 0 bridgehead atoms. The van der Waals surface area contributed by atoms with E-state index < -0.39 is 5.41 Å². The lowest BCUT2D eigenvalue weighted by Crippen LogP contribution is -2.28. The van der Waals surface area contributed by atoms with Gasteiger partial charge in [0.15, 0.2) is 0 Å². The van der Waals surface area contributed by atoms with Gasteiger partial charge in [0.1, 0.15) is 5.75 Å². The van der Waals surface area contributed by atoms with Crippen LogP contribution in [0.15, 0.2) is 36.4 Å². The minimum Gasteiger partial charge on any atom is -0.494 e. The number of hydrogen-bond donors (Lipinski definition) is 2. The quantitative estimate of drug-likeness (QED) is 0.845. The van der Waals surface area contributed by atoms with E-state index in [0.29, 0.717) is 22.7 Å². The van der Waals surface area contributed by atoms with Crippen molar-refractivity contribution in [2.75, 3.05) is 17.7 Å². The molecular weight excluding hydrogens is 354 g/mol. The number of ether oxygens (including phenoxy) is 1. The van der Waals surface area contributed by atoms with Gasteiger partial charge in [0.2, 0.25) is 11.8 Å². The molecule has 2 N–H and O–H groups in total. The first-order valence-corrected chi connectivity index (χ1v) is 9.07. The number of methoxy groups -OCH3 is 1. The Hall–Kier alpha value is -3.33. The summed E-state index contributed by atoms with van der Waals surface area (Å²) >= 11 is 0. The summed E-state index contributed by atoms with van der Waals surface area (Å²) in [5, 5.41) is 15.3. The van der Waals surface area contributed by atoms with Crippen molar-refractivity contribution in [1.82, 2.24) is 0 Å². The first kappa shape index (κ1) is 19.4. The third-order valence-electron chi connectivity index (χ3n) is 4.80. The van der Waals surface area contributed by atoms with Gasteiger partial charge in [-0.05, 0) is 23.3 Å². The predicted octanol–water partition coefficient (Wildman–Crippen LogP) is 4.03. The molecule has 1 aliphatic rings. The molecule has 1 aliphatic heterocycles. The van der Waals surface area contributed by atoms with Crippen molar-refractivity contribution in [1.29, 1.82) is 5.26 Å². The molecule has 0 aliphatic carbocycles. The summed E-state index contributed by atoms with van der Waals surface area (Å²) in [5.74, 6) is -0.0833. The lowest BCUT2D eigenvalue weighted by molar-refractivity contribution is -0.123. The summed E-state index contributed by atoms with van der Waals surface area (Å²) < 4.78 is 5.43. The van der Waals surface area contributed by atoms with E-state index in [-0.39, 0.29) is 24.2 Å². The average Bonchev–Trinajstić information content (AvgIpc) is 2.66. The number of carbonyl (C=O) groups is 2. The minimum atomic E-state index is -0.568. The zero-order chi connectivity index (χ0) is 20.5. The fourth-order valence-electron chi connectivity index (χ4n) is 3.25. The van der Waals surface area contributed by atoms with Gasteiger partial charge in [0.25, 0.3) is 0 Å². The highest BCUT2D eigenvalue weighted by molar-refractivity contribution is 5.99. The SMILES string of the molecule is COc1cc2c(cc1NC(=O)C(C)(C)C)C(c1ccccc1C#N)CC(=O)N2. The van der Waals surface area contributed by atoms with Crippen molar-refractivity contribution in [2.45, 2.75) is 33.1 Å². The van der Waals surface area contributed by atoms with Gasteiger partial charge >= 0.3 is 0 Å². The van der Waals surface area contributed by atoms with E-state index in [4.69, 9.17) is 4.74 Å². The van der Waals surface area contributed by atoms with Crippen LogP contribution in [-0.4, -0.2) is 18.9 Å². The standard InChI is InChI=1S/C22H23N3O3/c1-22(2,3)21(27)25-18-9-16-15(14-8-6-5-7-13(14)12-23)10-20(26)24-17(16)11-19(18)28-4/h5-9,11,15H,10H2,1-4H3,(H,24,26)(H,25,27). The monoisotopic (exact) mass is 377 g/mol. The Morgan fingerprint density at radius 2 is 1.96 bits per heavy atom. The Kier molecular flexibility index (Phi) is 5.10. The highest BCUT2D eigenvalue weighted by Gasteiger charge is 2.30. The molecule has 1 unspecified atom stereocenters. The number of nitriles is 1. The van der Waals surface area contributed by atoms with Crippen molar-refractivity contribution in [3.63, 3.8) is 0 Å². The molecule has 6 heteroatoms. The van der Waals surface area contributed by atoms with Crippen molar-refractivity contribution >= 4 is 23.2 Å². The maximum absolute atomic E-state index is 12.5. The number of rotatable bonds is 3. The third-order valence-corrected chi connectivity index (χ3v) is 4.80. The number of nitrogens with one attached hydrogen (secondary N) is 2. The molecule has 28 heavy (non-hydrogen) atoms. The molecule has 2 amide bonds. The van der Waals surface area contributed by atoms with Crippen LogP contribution in [0, 0.1) is 16.7 Å². The van der Waals surface area contributed by atoms with Crippen molar-refractivity contribution in [2.24, 2.45) is 5.41 Å². The van der Waals surface area contributed by atoms with Crippen molar-refractivity contribution in [3.8, 4) is 11.8 Å². The van der Waals surface area contributed by atoms with Gasteiger partial charge in [0, 0.05) is 29.5 Å². The van der Waals surface area contributed by atoms with Crippen LogP contribution in [0.5, 0.6) is 5.75 Å². The molecule has 1 heterocycles. The Morgan fingerprint density at radius 1 is 1.25 bits per heavy atom. The Bertz CT molecular complexity index is 983. The van der Waals surface area contributed by atoms with Crippen LogP contribution in [0.1, 0.15) is 49.8 Å². The Balaban J connectivity index is 2.13. The zero-order valence-corrected chi connectivity index (χ0v) is 16.4. The van der Waals surface area contributed by atoms with Gasteiger partial charge in [0.05, 0.1) is 24.4 Å². The largest absolute Gasteiger partial charge is 0.494 e. The van der Waals surface area contributed by atoms with Crippen LogP contribution in [0.2, 0.25) is 0 Å². The summed E-state index contributed by atoms with van der Waals surface area (Å²) in [5.41, 5.74) is 2.76. The number of carbonyl (C=O) groups excluding carboxylic acids is 2. The summed E-state index contributed by atoms with van der Waals surface area (Å²) in [6.45, 7) is 5.50. The van der Waals surface area contributed by atoms with Crippen molar-refractivity contribution in [3.05, 3.63) is 53.1 Å². The molecular formula is C22H23N3O3. The van der Waals surface area contributed by atoms with Gasteiger partial charge in [-0.3, -0.25) is 9.59 Å². The molecule has 2 aromatic rings. The lowest BCUT2D eigenvalue weighted by Gasteiger charge is -2.28. The summed E-state index contributed by atoms with van der Waals surface area (Å²) in [7, 11) is 1.52. The molecule has 0 saturated heterocycles. The predicted molar refractivity (Wildman–Crippen MR) is 107 cm³/mol. The molecule has 0 saturated carbocycles. The maximum Gasteiger partial charge on any atom is 0.229 e. The Morgan fingerprint density at radius 3 is 2.61 bits per heavy atom. The maximum atomic E-state index is 12.5. The van der Waals surface area contributed by atoms with E-state index >= 15 is 0 Å². The van der Waals surface area contributed by atoms with E-state index in [1.165, 1.54) is 7.11 Å². The number of amides is 2. The van der Waals surface area contributed by atoms with Crippen LogP contribution < -0.4 is 15.4 Å². The van der Waals surface area contributed by atoms with Crippen molar-refractivity contribution < 1.29 is 14.3 Å². The average molecular weight is 377 g/mol. The van der Waals surface area contributed by atoms with E-state index in [0.717, 1.165) is 11.1 Å². The molecule has 2 aromatic carbocycles. The highest BCUT2D eigenvalue weighted by atomic mass is 16.5. The minimum absolute atomic E-state index is 0.126. The molecule has 144 valence electrons. The molecule has 0 spiro atoms. The highest BCUT2D eigenvalue weighted by Crippen LogP contribution is 2.43. The Labute approximate surface area is 164 Å². The number of nitrogens with zero attached hydrogens (tertiary/aromatic N) is 1. The molecule has 0 radical (unpaired) electrons. The van der Waals surface area contributed by atoms with Gasteiger partial charge in [-0.2, -0.15) is 5.26 Å². The molecule has 1 atom stereocenters. The van der Waals surface area contributed by atoms with Gasteiger partial charge in [-0.1, -0.05) is 39.0 Å². The number of anilines is 2. The van der Waals surface area contributed by atoms with Gasteiger partial charge in [-0.25, -0.2) is 0 Å². The van der Waals surface area contributed by atoms with E-state index in [1.807, 2.05) is 39.0 Å². The topological polar surface area (TPSA) is 91.2 Å². The van der Waals surface area contributed by atoms with Crippen LogP contribution >= 0.6 is 0 Å². The molecule has 0 fully saturated rings. The summed E-state index contributed by atoms with van der Waals surface area (Å²) in [6.07, 6.45) is 0.227. The second kappa shape index (κ2) is 7.35. The van der Waals surface area contributed by atoms with Gasteiger partial charge in [-0.15, -0.1) is 0 Å². The number of hydrogen-bond acceptors (Lipinski definition) is 4. The third kappa shape index (κ3) is 3.70. The van der Waals surface area contributed by atoms with E-state index in [2.05, 4.69) is 16.7 Å². The lowest BCUT2D eigenvalue weighted by atomic mass is 9.82. The fraction of sp³-hybridized carbons (Fsp3) is 0.318. The second-order valence-corrected chi connectivity index (χ2v) is 7.85. The zero-order valence-electron chi connectivity index (χ0n) is 16.4. The second-order valence-electron chi connectivity index (χ2n) is 7.85. The smallest absolute Gasteiger partial charge is 0.229 e. The normalized spacial score (nSPS) is 15.8. The van der Waals surface area contributed by atoms with Crippen LogP contribution in [-0.2, 0) is 9.59 Å². The fourth-order valence-corrected chi connectivity index (χ4v) is 3.25. The number of fused-ring (bicyclic) bond motifs is 1. The summed E-state index contributed by atoms with van der Waals surface area (Å²) in [4.78, 5) is 24.8. The molecule has 3 rings (SSSR count).